The first kappa shape index (κ1) is 15.8. The Bertz CT molecular complexity index is 679. The lowest BCUT2D eigenvalue weighted by molar-refractivity contribution is 0.0937. The first-order valence-corrected chi connectivity index (χ1v) is 9.65. The number of thiazole rings is 1. The van der Waals surface area contributed by atoms with Crippen LogP contribution in [0.15, 0.2) is 23.2 Å². The van der Waals surface area contributed by atoms with E-state index in [9.17, 15) is 4.79 Å². The summed E-state index contributed by atoms with van der Waals surface area (Å²) in [5, 5.41) is 9.26. The molecule has 2 aliphatic rings. The van der Waals surface area contributed by atoms with Gasteiger partial charge in [0.25, 0.3) is 5.91 Å². The molecule has 0 spiro atoms. The van der Waals surface area contributed by atoms with Crippen LogP contribution < -0.4 is 5.32 Å². The van der Waals surface area contributed by atoms with Crippen molar-refractivity contribution in [2.75, 3.05) is 19.6 Å². The number of hydrogen-bond donors (Lipinski definition) is 1. The number of nitrogens with one attached hydrogen (secondary N) is 1. The van der Waals surface area contributed by atoms with E-state index in [1.54, 1.807) is 10.9 Å². The van der Waals surface area contributed by atoms with Crippen molar-refractivity contribution >= 4 is 17.2 Å². The molecule has 1 aliphatic carbocycles. The van der Waals surface area contributed by atoms with Crippen LogP contribution in [0, 0.1) is 5.92 Å². The van der Waals surface area contributed by atoms with E-state index in [2.05, 4.69) is 31.0 Å². The van der Waals surface area contributed by atoms with Crippen molar-refractivity contribution in [3.63, 3.8) is 0 Å². The molecule has 4 rings (SSSR count). The van der Waals surface area contributed by atoms with Crippen LogP contribution in [-0.2, 0) is 6.54 Å². The Kier molecular flexibility index (Phi) is 4.62. The van der Waals surface area contributed by atoms with Crippen LogP contribution in [0.5, 0.6) is 0 Å². The molecular weight excluding hydrogens is 322 g/mol. The minimum absolute atomic E-state index is 0.0842. The number of nitrogens with zero attached hydrogens (tertiary/aromatic N) is 4. The third-order valence-corrected chi connectivity index (χ3v) is 5.71. The van der Waals surface area contributed by atoms with Gasteiger partial charge in [-0.25, -0.2) is 4.98 Å². The van der Waals surface area contributed by atoms with Crippen molar-refractivity contribution in [2.45, 2.75) is 38.3 Å². The van der Waals surface area contributed by atoms with Crippen molar-refractivity contribution in [2.24, 2.45) is 5.92 Å². The highest BCUT2D eigenvalue weighted by Gasteiger charge is 2.28. The molecule has 0 aromatic carbocycles. The van der Waals surface area contributed by atoms with Gasteiger partial charge in [0.2, 0.25) is 0 Å². The summed E-state index contributed by atoms with van der Waals surface area (Å²) < 4.78 is 2.15. The second-order valence-electron chi connectivity index (χ2n) is 6.83. The number of rotatable bonds is 6. The Morgan fingerprint density at radius 3 is 3.08 bits per heavy atom. The van der Waals surface area contributed by atoms with Gasteiger partial charge in [0.05, 0.1) is 17.2 Å². The van der Waals surface area contributed by atoms with Gasteiger partial charge in [-0.2, -0.15) is 5.10 Å². The Labute approximate surface area is 145 Å². The van der Waals surface area contributed by atoms with E-state index < -0.39 is 0 Å². The fraction of sp³-hybridized carbons (Fsp3) is 0.588. The van der Waals surface area contributed by atoms with Crippen LogP contribution in [0.3, 0.4) is 0 Å². The zero-order chi connectivity index (χ0) is 16.4. The molecule has 1 saturated carbocycles. The van der Waals surface area contributed by atoms with E-state index in [0.29, 0.717) is 18.3 Å². The summed E-state index contributed by atoms with van der Waals surface area (Å²) in [6.07, 6.45) is 6.94. The van der Waals surface area contributed by atoms with Gasteiger partial charge < -0.3 is 5.32 Å². The molecule has 128 valence electrons. The predicted molar refractivity (Wildman–Crippen MR) is 92.9 cm³/mol. The van der Waals surface area contributed by atoms with E-state index >= 15 is 0 Å². The van der Waals surface area contributed by atoms with Crippen molar-refractivity contribution < 1.29 is 4.79 Å². The van der Waals surface area contributed by atoms with Crippen molar-refractivity contribution in [1.29, 1.82) is 0 Å². The molecular formula is C17H23N5OS. The van der Waals surface area contributed by atoms with Crippen LogP contribution in [0.25, 0.3) is 0 Å². The van der Waals surface area contributed by atoms with E-state index in [1.165, 1.54) is 42.8 Å². The minimum Gasteiger partial charge on any atom is -0.351 e. The van der Waals surface area contributed by atoms with E-state index in [4.69, 9.17) is 0 Å². The Hall–Kier alpha value is -1.73. The van der Waals surface area contributed by atoms with Crippen LogP contribution in [0.1, 0.15) is 47.9 Å². The SMILES string of the molecule is O=C(NCC[C@H]1CN(CC2CCC2)Cc2ccnn21)c1cscn1. The molecule has 6 nitrogen and oxygen atoms in total. The Balaban J connectivity index is 1.34. The fourth-order valence-electron chi connectivity index (χ4n) is 3.63. The lowest BCUT2D eigenvalue weighted by Gasteiger charge is -2.38. The molecule has 2 aromatic rings. The summed E-state index contributed by atoms with van der Waals surface area (Å²) in [6.45, 7) is 3.88. The summed E-state index contributed by atoms with van der Waals surface area (Å²) in [7, 11) is 0. The molecule has 0 bridgehead atoms. The Morgan fingerprint density at radius 1 is 1.42 bits per heavy atom. The minimum atomic E-state index is -0.0842. The van der Waals surface area contributed by atoms with Gasteiger partial charge in [0, 0.05) is 37.8 Å². The molecule has 1 amide bonds. The maximum absolute atomic E-state index is 12.0. The number of amides is 1. The van der Waals surface area contributed by atoms with Crippen molar-refractivity contribution in [3.05, 3.63) is 34.5 Å². The highest BCUT2D eigenvalue weighted by molar-refractivity contribution is 7.07. The molecule has 0 unspecified atom stereocenters. The summed E-state index contributed by atoms with van der Waals surface area (Å²) in [4.78, 5) is 18.6. The average Bonchev–Trinajstić information content (AvgIpc) is 3.22. The maximum Gasteiger partial charge on any atom is 0.270 e. The molecule has 0 radical (unpaired) electrons. The monoisotopic (exact) mass is 345 g/mol. The molecule has 7 heteroatoms. The quantitative estimate of drug-likeness (QED) is 0.873. The molecule has 1 aliphatic heterocycles. The summed E-state index contributed by atoms with van der Waals surface area (Å²) in [6, 6.07) is 2.45. The van der Waals surface area contributed by atoms with E-state index in [-0.39, 0.29) is 5.91 Å². The third kappa shape index (κ3) is 3.37. The number of aromatic nitrogens is 3. The topological polar surface area (TPSA) is 63.1 Å². The van der Waals surface area contributed by atoms with Crippen LogP contribution >= 0.6 is 11.3 Å². The zero-order valence-corrected chi connectivity index (χ0v) is 14.5. The molecule has 3 heterocycles. The van der Waals surface area contributed by atoms with Gasteiger partial charge in [-0.1, -0.05) is 6.42 Å². The molecule has 1 fully saturated rings. The molecule has 0 saturated heterocycles. The average molecular weight is 345 g/mol. The van der Waals surface area contributed by atoms with Gasteiger partial charge in [-0.15, -0.1) is 11.3 Å². The largest absolute Gasteiger partial charge is 0.351 e. The third-order valence-electron chi connectivity index (χ3n) is 5.12. The van der Waals surface area contributed by atoms with Gasteiger partial charge in [0.15, 0.2) is 0 Å². The molecule has 2 aromatic heterocycles. The zero-order valence-electron chi connectivity index (χ0n) is 13.7. The highest BCUT2D eigenvalue weighted by Crippen LogP contribution is 2.30. The predicted octanol–water partition coefficient (Wildman–Crippen LogP) is 2.32. The number of carbonyl (C=O) groups is 1. The Morgan fingerprint density at radius 2 is 2.33 bits per heavy atom. The second kappa shape index (κ2) is 7.03. The molecule has 1 atom stereocenters. The van der Waals surface area contributed by atoms with E-state index in [0.717, 1.165) is 25.4 Å². The maximum atomic E-state index is 12.0. The van der Waals surface area contributed by atoms with Crippen LogP contribution in [0.4, 0.5) is 0 Å². The van der Waals surface area contributed by atoms with Gasteiger partial charge in [-0.05, 0) is 31.2 Å². The smallest absolute Gasteiger partial charge is 0.270 e. The molecule has 24 heavy (non-hydrogen) atoms. The van der Waals surface area contributed by atoms with Crippen molar-refractivity contribution in [1.82, 2.24) is 25.0 Å². The second-order valence-corrected chi connectivity index (χ2v) is 7.55. The van der Waals surface area contributed by atoms with Crippen LogP contribution in [-0.4, -0.2) is 45.2 Å². The lowest BCUT2D eigenvalue weighted by Crippen LogP contribution is -2.42. The van der Waals surface area contributed by atoms with Gasteiger partial charge in [-0.3, -0.25) is 14.4 Å². The standard InChI is InChI=1S/C17H23N5OS/c23-17(16-11-24-12-19-16)18-6-4-14-9-21(8-13-2-1-3-13)10-15-5-7-20-22(14)15/h5,7,11-14H,1-4,6,8-10H2,(H,18,23)/t14-/m0/s1. The fourth-order valence-corrected chi connectivity index (χ4v) is 4.16. The van der Waals surface area contributed by atoms with E-state index in [1.807, 2.05) is 6.20 Å². The van der Waals surface area contributed by atoms with Gasteiger partial charge >= 0.3 is 0 Å². The number of fused-ring (bicyclic) bond motifs is 1. The number of carbonyl (C=O) groups excluding carboxylic acids is 1. The summed E-state index contributed by atoms with van der Waals surface area (Å²) in [5.74, 6) is 0.795. The van der Waals surface area contributed by atoms with Crippen molar-refractivity contribution in [3.8, 4) is 0 Å². The van der Waals surface area contributed by atoms with Crippen LogP contribution in [0.2, 0.25) is 0 Å². The summed E-state index contributed by atoms with van der Waals surface area (Å²) in [5.41, 5.74) is 3.48. The molecule has 1 N–H and O–H groups in total. The van der Waals surface area contributed by atoms with Gasteiger partial charge in [0.1, 0.15) is 5.69 Å². The first-order chi connectivity index (χ1) is 11.8. The lowest BCUT2D eigenvalue weighted by atomic mass is 9.85. The summed E-state index contributed by atoms with van der Waals surface area (Å²) >= 11 is 1.44. The first-order valence-electron chi connectivity index (χ1n) is 8.71. The number of hydrogen-bond acceptors (Lipinski definition) is 5. The normalized spacial score (nSPS) is 21.2. The highest BCUT2D eigenvalue weighted by atomic mass is 32.1.